The first-order valence-electron chi connectivity index (χ1n) is 8.88. The minimum atomic E-state index is 0.543. The summed E-state index contributed by atoms with van der Waals surface area (Å²) < 4.78 is 0. The van der Waals surface area contributed by atoms with Gasteiger partial charge in [-0.05, 0) is 55.8 Å². The van der Waals surface area contributed by atoms with E-state index in [0.717, 1.165) is 12.5 Å². The first-order chi connectivity index (χ1) is 10.3. The number of benzene rings is 1. The van der Waals surface area contributed by atoms with E-state index >= 15 is 0 Å². The van der Waals surface area contributed by atoms with E-state index < -0.39 is 0 Å². The SMILES string of the molecule is CCCNC1c2ccccc2CC1N1CCC(CCC)C1. The van der Waals surface area contributed by atoms with Crippen molar-refractivity contribution in [3.8, 4) is 0 Å². The molecule has 2 nitrogen and oxygen atoms in total. The van der Waals surface area contributed by atoms with Crippen molar-refractivity contribution in [2.45, 2.75) is 58.0 Å². The zero-order valence-corrected chi connectivity index (χ0v) is 13.6. The van der Waals surface area contributed by atoms with Crippen LogP contribution >= 0.6 is 0 Å². The molecule has 0 amide bonds. The Balaban J connectivity index is 1.73. The molecule has 1 aliphatic carbocycles. The minimum Gasteiger partial charge on any atom is -0.309 e. The van der Waals surface area contributed by atoms with Gasteiger partial charge in [0.2, 0.25) is 0 Å². The first kappa shape index (κ1) is 15.1. The molecule has 3 unspecified atom stereocenters. The summed E-state index contributed by atoms with van der Waals surface area (Å²) in [5, 5.41) is 3.82. The van der Waals surface area contributed by atoms with Crippen LogP contribution < -0.4 is 5.32 Å². The summed E-state index contributed by atoms with van der Waals surface area (Å²) in [5.74, 6) is 0.936. The lowest BCUT2D eigenvalue weighted by molar-refractivity contribution is 0.196. The summed E-state index contributed by atoms with van der Waals surface area (Å²) in [6, 6.07) is 10.3. The number of hydrogen-bond donors (Lipinski definition) is 1. The van der Waals surface area contributed by atoms with Crippen LogP contribution in [0.25, 0.3) is 0 Å². The molecule has 1 heterocycles. The summed E-state index contributed by atoms with van der Waals surface area (Å²) in [4.78, 5) is 2.77. The Labute approximate surface area is 129 Å². The third kappa shape index (κ3) is 3.17. The van der Waals surface area contributed by atoms with Gasteiger partial charge in [-0.1, -0.05) is 44.5 Å². The molecule has 1 aliphatic heterocycles. The number of nitrogens with one attached hydrogen (secondary N) is 1. The second kappa shape index (κ2) is 6.93. The van der Waals surface area contributed by atoms with E-state index in [9.17, 15) is 0 Å². The fraction of sp³-hybridized carbons (Fsp3) is 0.684. The lowest BCUT2D eigenvalue weighted by atomic mass is 10.0. The Morgan fingerprint density at radius 3 is 2.86 bits per heavy atom. The topological polar surface area (TPSA) is 15.3 Å². The predicted molar refractivity (Wildman–Crippen MR) is 89.6 cm³/mol. The largest absolute Gasteiger partial charge is 0.309 e. The smallest absolute Gasteiger partial charge is 0.0484 e. The van der Waals surface area contributed by atoms with Crippen molar-refractivity contribution in [1.29, 1.82) is 0 Å². The van der Waals surface area contributed by atoms with Crippen molar-refractivity contribution < 1.29 is 0 Å². The van der Waals surface area contributed by atoms with Crippen LogP contribution in [-0.4, -0.2) is 30.6 Å². The van der Waals surface area contributed by atoms with Gasteiger partial charge in [0.05, 0.1) is 0 Å². The normalized spacial score (nSPS) is 29.0. The Kier molecular flexibility index (Phi) is 4.97. The molecular weight excluding hydrogens is 256 g/mol. The molecule has 116 valence electrons. The quantitative estimate of drug-likeness (QED) is 0.856. The fourth-order valence-electron chi connectivity index (χ4n) is 4.27. The number of likely N-dealkylation sites (tertiary alicyclic amines) is 1. The van der Waals surface area contributed by atoms with Crippen molar-refractivity contribution in [3.05, 3.63) is 35.4 Å². The van der Waals surface area contributed by atoms with E-state index in [-0.39, 0.29) is 0 Å². The van der Waals surface area contributed by atoms with Crippen LogP contribution in [0.1, 0.15) is 56.7 Å². The molecule has 1 aromatic rings. The molecule has 1 saturated heterocycles. The Hall–Kier alpha value is -0.860. The molecule has 1 N–H and O–H groups in total. The van der Waals surface area contributed by atoms with Crippen LogP contribution in [0, 0.1) is 5.92 Å². The minimum absolute atomic E-state index is 0.543. The lowest BCUT2D eigenvalue weighted by Gasteiger charge is -2.30. The summed E-state index contributed by atoms with van der Waals surface area (Å²) in [6.07, 6.45) is 6.59. The monoisotopic (exact) mass is 286 g/mol. The van der Waals surface area contributed by atoms with Crippen molar-refractivity contribution in [1.82, 2.24) is 10.2 Å². The fourth-order valence-corrected chi connectivity index (χ4v) is 4.27. The van der Waals surface area contributed by atoms with Gasteiger partial charge >= 0.3 is 0 Å². The first-order valence-corrected chi connectivity index (χ1v) is 8.88. The van der Waals surface area contributed by atoms with Gasteiger partial charge in [-0.3, -0.25) is 4.90 Å². The van der Waals surface area contributed by atoms with Crippen LogP contribution in [0.15, 0.2) is 24.3 Å². The number of nitrogens with zero attached hydrogens (tertiary/aromatic N) is 1. The average molecular weight is 286 g/mol. The van der Waals surface area contributed by atoms with Crippen molar-refractivity contribution in [3.63, 3.8) is 0 Å². The summed E-state index contributed by atoms with van der Waals surface area (Å²) in [6.45, 7) is 8.32. The molecule has 0 aromatic heterocycles. The van der Waals surface area contributed by atoms with Gasteiger partial charge < -0.3 is 5.32 Å². The average Bonchev–Trinajstić information content (AvgIpc) is 3.09. The highest BCUT2D eigenvalue weighted by Crippen LogP contribution is 2.37. The molecule has 1 fully saturated rings. The number of fused-ring (bicyclic) bond motifs is 1. The van der Waals surface area contributed by atoms with E-state index in [4.69, 9.17) is 0 Å². The van der Waals surface area contributed by atoms with E-state index in [2.05, 4.69) is 48.3 Å². The van der Waals surface area contributed by atoms with Gasteiger partial charge in [-0.2, -0.15) is 0 Å². The third-order valence-electron chi connectivity index (χ3n) is 5.30. The maximum atomic E-state index is 3.82. The van der Waals surface area contributed by atoms with Gasteiger partial charge in [-0.15, -0.1) is 0 Å². The molecule has 3 atom stereocenters. The van der Waals surface area contributed by atoms with Crippen LogP contribution in [0.5, 0.6) is 0 Å². The molecule has 21 heavy (non-hydrogen) atoms. The van der Waals surface area contributed by atoms with Crippen LogP contribution in [-0.2, 0) is 6.42 Å². The highest BCUT2D eigenvalue weighted by atomic mass is 15.2. The highest BCUT2D eigenvalue weighted by Gasteiger charge is 2.38. The molecule has 0 radical (unpaired) electrons. The van der Waals surface area contributed by atoms with Gasteiger partial charge in [0.1, 0.15) is 0 Å². The van der Waals surface area contributed by atoms with Gasteiger partial charge in [0.15, 0.2) is 0 Å². The van der Waals surface area contributed by atoms with Gasteiger partial charge in [0.25, 0.3) is 0 Å². The van der Waals surface area contributed by atoms with E-state index in [1.54, 1.807) is 11.1 Å². The molecular formula is C19H30N2. The molecule has 1 aromatic carbocycles. The maximum Gasteiger partial charge on any atom is 0.0484 e. The van der Waals surface area contributed by atoms with E-state index in [1.807, 2.05) is 0 Å². The highest BCUT2D eigenvalue weighted by molar-refractivity contribution is 5.37. The zero-order chi connectivity index (χ0) is 14.7. The van der Waals surface area contributed by atoms with E-state index in [1.165, 1.54) is 45.2 Å². The Morgan fingerprint density at radius 1 is 1.19 bits per heavy atom. The van der Waals surface area contributed by atoms with Crippen LogP contribution in [0.3, 0.4) is 0 Å². The molecule has 0 saturated carbocycles. The Bertz CT molecular complexity index is 457. The third-order valence-corrected chi connectivity index (χ3v) is 5.30. The standard InChI is InChI=1S/C19H30N2/c1-3-7-15-10-12-21(14-15)18-13-16-8-5-6-9-17(16)19(18)20-11-4-2/h5-6,8-9,15,18-20H,3-4,7,10-14H2,1-2H3. The summed E-state index contributed by atoms with van der Waals surface area (Å²) >= 11 is 0. The van der Waals surface area contributed by atoms with Crippen molar-refractivity contribution >= 4 is 0 Å². The maximum absolute atomic E-state index is 3.82. The van der Waals surface area contributed by atoms with Crippen molar-refractivity contribution in [2.75, 3.05) is 19.6 Å². The predicted octanol–water partition coefficient (Wildman–Crippen LogP) is 3.77. The second-order valence-electron chi connectivity index (χ2n) is 6.84. The summed E-state index contributed by atoms with van der Waals surface area (Å²) in [5.41, 5.74) is 3.12. The van der Waals surface area contributed by atoms with Crippen LogP contribution in [0.2, 0.25) is 0 Å². The van der Waals surface area contributed by atoms with E-state index in [0.29, 0.717) is 12.1 Å². The second-order valence-corrected chi connectivity index (χ2v) is 6.84. The Morgan fingerprint density at radius 2 is 2.05 bits per heavy atom. The van der Waals surface area contributed by atoms with Gasteiger partial charge in [-0.25, -0.2) is 0 Å². The molecule has 0 spiro atoms. The molecule has 0 bridgehead atoms. The number of rotatable bonds is 6. The van der Waals surface area contributed by atoms with Crippen molar-refractivity contribution in [2.24, 2.45) is 5.92 Å². The van der Waals surface area contributed by atoms with Gasteiger partial charge in [0, 0.05) is 18.6 Å². The number of hydrogen-bond acceptors (Lipinski definition) is 2. The molecule has 2 heteroatoms. The molecule has 3 rings (SSSR count). The lowest BCUT2D eigenvalue weighted by Crippen LogP contribution is -2.42. The van der Waals surface area contributed by atoms with Crippen LogP contribution in [0.4, 0.5) is 0 Å². The summed E-state index contributed by atoms with van der Waals surface area (Å²) in [7, 11) is 0. The zero-order valence-electron chi connectivity index (χ0n) is 13.6. The molecule has 2 aliphatic rings.